The van der Waals surface area contributed by atoms with Gasteiger partial charge in [0.05, 0.1) is 11.4 Å². The number of nitrogens with zero attached hydrogens (tertiary/aromatic N) is 3. The van der Waals surface area contributed by atoms with Crippen molar-refractivity contribution in [3.8, 4) is 5.69 Å². The van der Waals surface area contributed by atoms with E-state index in [1.54, 1.807) is 4.68 Å². The molecule has 0 spiro atoms. The molecule has 7 nitrogen and oxygen atoms in total. The zero-order valence-corrected chi connectivity index (χ0v) is 14.2. The van der Waals surface area contributed by atoms with E-state index in [-0.39, 0.29) is 17.2 Å². The van der Waals surface area contributed by atoms with E-state index in [1.165, 1.54) is 24.3 Å². The Morgan fingerprint density at radius 3 is 2.30 bits per heavy atom. The SMILES string of the molecule is O=C(NNC(=O)c1nnn(-c2ccccc2)c1C1CC1)c1ccc(F)cc1. The molecule has 27 heavy (non-hydrogen) atoms. The summed E-state index contributed by atoms with van der Waals surface area (Å²) >= 11 is 0. The molecule has 0 bridgehead atoms. The first kappa shape index (κ1) is 16.9. The molecule has 0 saturated heterocycles. The van der Waals surface area contributed by atoms with E-state index in [0.717, 1.165) is 24.2 Å². The van der Waals surface area contributed by atoms with Gasteiger partial charge in [0.25, 0.3) is 11.8 Å². The largest absolute Gasteiger partial charge is 0.292 e. The van der Waals surface area contributed by atoms with Crippen molar-refractivity contribution in [1.82, 2.24) is 25.8 Å². The Morgan fingerprint density at radius 2 is 1.63 bits per heavy atom. The zero-order valence-electron chi connectivity index (χ0n) is 14.2. The fourth-order valence-corrected chi connectivity index (χ4v) is 2.78. The lowest BCUT2D eigenvalue weighted by Gasteiger charge is -2.08. The maximum atomic E-state index is 12.9. The lowest BCUT2D eigenvalue weighted by atomic mass is 10.2. The topological polar surface area (TPSA) is 88.9 Å². The molecule has 4 rings (SSSR count). The molecule has 1 heterocycles. The van der Waals surface area contributed by atoms with Crippen molar-refractivity contribution < 1.29 is 14.0 Å². The Balaban J connectivity index is 1.51. The highest BCUT2D eigenvalue weighted by Gasteiger charge is 2.34. The minimum atomic E-state index is -0.549. The molecule has 1 aromatic heterocycles. The van der Waals surface area contributed by atoms with Crippen molar-refractivity contribution in [1.29, 1.82) is 0 Å². The number of halogens is 1. The highest BCUT2D eigenvalue weighted by molar-refractivity contribution is 5.98. The molecule has 2 aromatic carbocycles. The zero-order chi connectivity index (χ0) is 18.8. The second-order valence-electron chi connectivity index (χ2n) is 6.26. The number of amides is 2. The van der Waals surface area contributed by atoms with Crippen molar-refractivity contribution in [2.45, 2.75) is 18.8 Å². The van der Waals surface area contributed by atoms with E-state index >= 15 is 0 Å². The van der Waals surface area contributed by atoms with Crippen LogP contribution in [0.4, 0.5) is 4.39 Å². The first-order valence-electron chi connectivity index (χ1n) is 8.51. The summed E-state index contributed by atoms with van der Waals surface area (Å²) in [5.41, 5.74) is 6.63. The van der Waals surface area contributed by atoms with Gasteiger partial charge in [-0.05, 0) is 49.2 Å². The van der Waals surface area contributed by atoms with Gasteiger partial charge in [0.1, 0.15) is 5.82 Å². The Bertz CT molecular complexity index is 981. The van der Waals surface area contributed by atoms with E-state index in [2.05, 4.69) is 21.2 Å². The van der Waals surface area contributed by atoms with Gasteiger partial charge >= 0.3 is 0 Å². The van der Waals surface area contributed by atoms with Crippen molar-refractivity contribution in [3.63, 3.8) is 0 Å². The number of aromatic nitrogens is 3. The van der Waals surface area contributed by atoms with Crippen molar-refractivity contribution in [2.24, 2.45) is 0 Å². The standard InChI is InChI=1S/C19H16FN5O2/c20-14-10-8-13(9-11-14)18(26)22-23-19(27)16-17(12-6-7-12)25(24-21-16)15-4-2-1-3-5-15/h1-5,8-12H,6-7H2,(H,22,26)(H,23,27). The molecule has 2 amide bonds. The van der Waals surface area contributed by atoms with Crippen LogP contribution in [-0.2, 0) is 0 Å². The summed E-state index contributed by atoms with van der Waals surface area (Å²) in [6.07, 6.45) is 1.92. The Kier molecular flexibility index (Phi) is 4.37. The van der Waals surface area contributed by atoms with E-state index in [1.807, 2.05) is 30.3 Å². The van der Waals surface area contributed by atoms with Crippen LogP contribution >= 0.6 is 0 Å². The minimum absolute atomic E-state index is 0.181. The van der Waals surface area contributed by atoms with E-state index < -0.39 is 17.6 Å². The quantitative estimate of drug-likeness (QED) is 0.695. The van der Waals surface area contributed by atoms with Crippen LogP contribution in [0.3, 0.4) is 0 Å². The molecule has 8 heteroatoms. The number of hydrazine groups is 1. The molecule has 1 aliphatic carbocycles. The van der Waals surface area contributed by atoms with Crippen LogP contribution in [0.15, 0.2) is 54.6 Å². The Morgan fingerprint density at radius 1 is 0.963 bits per heavy atom. The smallest absolute Gasteiger partial charge is 0.267 e. The van der Waals surface area contributed by atoms with Crippen molar-refractivity contribution in [2.75, 3.05) is 0 Å². The normalized spacial score (nSPS) is 13.2. The molecule has 0 atom stereocenters. The summed E-state index contributed by atoms with van der Waals surface area (Å²) < 4.78 is 14.6. The predicted molar refractivity (Wildman–Crippen MR) is 94.7 cm³/mol. The lowest BCUT2D eigenvalue weighted by molar-refractivity contribution is 0.0843. The maximum absolute atomic E-state index is 12.9. The van der Waals surface area contributed by atoms with Crippen LogP contribution in [0.1, 0.15) is 45.3 Å². The molecule has 136 valence electrons. The van der Waals surface area contributed by atoms with Gasteiger partial charge < -0.3 is 0 Å². The molecule has 1 fully saturated rings. The summed E-state index contributed by atoms with van der Waals surface area (Å²) in [5, 5.41) is 8.13. The summed E-state index contributed by atoms with van der Waals surface area (Å²) in [5.74, 6) is -1.32. The van der Waals surface area contributed by atoms with Gasteiger partial charge in [0, 0.05) is 11.5 Å². The van der Waals surface area contributed by atoms with Crippen LogP contribution < -0.4 is 10.9 Å². The fourth-order valence-electron chi connectivity index (χ4n) is 2.78. The van der Waals surface area contributed by atoms with E-state index in [0.29, 0.717) is 0 Å². The highest BCUT2D eigenvalue weighted by Crippen LogP contribution is 2.41. The highest BCUT2D eigenvalue weighted by atomic mass is 19.1. The van der Waals surface area contributed by atoms with Gasteiger partial charge in [-0.25, -0.2) is 9.07 Å². The number of hydrogen-bond acceptors (Lipinski definition) is 4. The second kappa shape index (κ2) is 6.99. The first-order chi connectivity index (χ1) is 13.1. The lowest BCUT2D eigenvalue weighted by Crippen LogP contribution is -2.42. The average molecular weight is 365 g/mol. The van der Waals surface area contributed by atoms with E-state index in [9.17, 15) is 14.0 Å². The summed E-state index contributed by atoms with van der Waals surface area (Å²) in [6, 6.07) is 14.5. The second-order valence-corrected chi connectivity index (χ2v) is 6.26. The predicted octanol–water partition coefficient (Wildman–Crippen LogP) is 2.36. The number of benzene rings is 2. The maximum Gasteiger partial charge on any atom is 0.292 e. The molecule has 0 radical (unpaired) electrons. The van der Waals surface area contributed by atoms with Crippen LogP contribution in [0.2, 0.25) is 0 Å². The van der Waals surface area contributed by atoms with Gasteiger partial charge in [-0.1, -0.05) is 23.4 Å². The number of carbonyl (C=O) groups is 2. The van der Waals surface area contributed by atoms with Crippen molar-refractivity contribution >= 4 is 11.8 Å². The minimum Gasteiger partial charge on any atom is -0.267 e. The van der Waals surface area contributed by atoms with Crippen LogP contribution in [0, 0.1) is 5.82 Å². The summed E-state index contributed by atoms with van der Waals surface area (Å²) in [7, 11) is 0. The molecule has 1 saturated carbocycles. The van der Waals surface area contributed by atoms with Gasteiger partial charge in [0.15, 0.2) is 5.69 Å². The van der Waals surface area contributed by atoms with Gasteiger partial charge in [-0.2, -0.15) is 0 Å². The summed E-state index contributed by atoms with van der Waals surface area (Å²) in [6.45, 7) is 0. The number of rotatable bonds is 4. The van der Waals surface area contributed by atoms with E-state index in [4.69, 9.17) is 0 Å². The Hall–Kier alpha value is -3.55. The Labute approximate surface area is 154 Å². The molecule has 0 aliphatic heterocycles. The van der Waals surface area contributed by atoms with Gasteiger partial charge in [-0.15, -0.1) is 5.10 Å². The van der Waals surface area contributed by atoms with Gasteiger partial charge in [0.2, 0.25) is 0 Å². The number of nitrogens with one attached hydrogen (secondary N) is 2. The van der Waals surface area contributed by atoms with Crippen molar-refractivity contribution in [3.05, 3.63) is 77.4 Å². The third-order valence-electron chi connectivity index (χ3n) is 4.28. The number of carbonyl (C=O) groups excluding carboxylic acids is 2. The van der Waals surface area contributed by atoms with Crippen LogP contribution in [-0.4, -0.2) is 26.8 Å². The van der Waals surface area contributed by atoms with Gasteiger partial charge in [-0.3, -0.25) is 20.4 Å². The third-order valence-corrected chi connectivity index (χ3v) is 4.28. The fraction of sp³-hybridized carbons (Fsp3) is 0.158. The average Bonchev–Trinajstić information content (AvgIpc) is 3.44. The third kappa shape index (κ3) is 3.55. The van der Waals surface area contributed by atoms with Crippen LogP contribution in [0.5, 0.6) is 0 Å². The molecule has 2 N–H and O–H groups in total. The molecular formula is C19H16FN5O2. The first-order valence-corrected chi connectivity index (χ1v) is 8.51. The summed E-state index contributed by atoms with van der Waals surface area (Å²) in [4.78, 5) is 24.6. The molecule has 3 aromatic rings. The van der Waals surface area contributed by atoms with Crippen LogP contribution in [0.25, 0.3) is 5.69 Å². The molecular weight excluding hydrogens is 349 g/mol. The monoisotopic (exact) mass is 365 g/mol. The number of hydrogen-bond donors (Lipinski definition) is 2. The molecule has 0 unspecified atom stereocenters. The molecule has 1 aliphatic rings. The number of para-hydroxylation sites is 1.